The first-order valence-electron chi connectivity index (χ1n) is 9.14. The third-order valence-electron chi connectivity index (χ3n) is 4.19. The van der Waals surface area contributed by atoms with E-state index in [1.165, 1.54) is 48.5 Å². The molecule has 176 valence electrons. The molecule has 2 aromatic carbocycles. The summed E-state index contributed by atoms with van der Waals surface area (Å²) in [7, 11) is -3.22. The lowest BCUT2D eigenvalue weighted by Crippen LogP contribution is -1.97. The zero-order chi connectivity index (χ0) is 24.4. The number of rotatable bonds is 8. The lowest BCUT2D eigenvalue weighted by atomic mass is 10.2. The summed E-state index contributed by atoms with van der Waals surface area (Å²) in [6.07, 6.45) is -4.52. The largest absolute Gasteiger partial charge is 0.704 e. The Morgan fingerprint density at radius 3 is 1.44 bits per heavy atom. The van der Waals surface area contributed by atoms with Gasteiger partial charge >= 0.3 is 21.0 Å². The first kappa shape index (κ1) is 25.5. The molecule has 2 aromatic heterocycles. The van der Waals surface area contributed by atoms with E-state index in [4.69, 9.17) is 0 Å². The summed E-state index contributed by atoms with van der Waals surface area (Å²) in [5.74, 6) is -0.872. The molecule has 0 aliphatic carbocycles. The van der Waals surface area contributed by atoms with Crippen LogP contribution in [0.2, 0.25) is 0 Å². The van der Waals surface area contributed by atoms with Gasteiger partial charge in [-0.2, -0.15) is 0 Å². The lowest BCUT2D eigenvalue weighted by Gasteiger charge is -1.99. The van der Waals surface area contributed by atoms with Gasteiger partial charge < -0.3 is 0 Å². The van der Waals surface area contributed by atoms with Crippen LogP contribution < -0.4 is 0 Å². The second-order valence-electron chi connectivity index (χ2n) is 6.43. The van der Waals surface area contributed by atoms with Gasteiger partial charge in [-0.15, -0.1) is 22.7 Å². The van der Waals surface area contributed by atoms with Gasteiger partial charge in [0.25, 0.3) is 0 Å². The normalized spacial score (nSPS) is 13.6. The zero-order valence-electron chi connectivity index (χ0n) is 16.4. The van der Waals surface area contributed by atoms with Crippen molar-refractivity contribution in [3.05, 3.63) is 77.8 Å². The van der Waals surface area contributed by atoms with Gasteiger partial charge in [0.1, 0.15) is 11.6 Å². The molecule has 0 saturated carbocycles. The fourth-order valence-electron chi connectivity index (χ4n) is 2.67. The summed E-state index contributed by atoms with van der Waals surface area (Å²) in [4.78, 5) is 8.17. The second-order valence-corrected chi connectivity index (χ2v) is 12.0. The van der Waals surface area contributed by atoms with Crippen molar-refractivity contribution < 1.29 is 31.2 Å². The summed E-state index contributed by atoms with van der Waals surface area (Å²) in [6.45, 7) is 0. The van der Waals surface area contributed by atoms with Gasteiger partial charge in [-0.05, 0) is 80.4 Å². The molecule has 0 aliphatic rings. The Balaban J connectivity index is 1.41. The molecule has 0 bridgehead atoms. The van der Waals surface area contributed by atoms with Crippen LogP contribution in [-0.4, -0.2) is 9.97 Å². The molecule has 0 spiro atoms. The Morgan fingerprint density at radius 1 is 0.735 bits per heavy atom. The van der Waals surface area contributed by atoms with E-state index in [0.29, 0.717) is 30.1 Å². The van der Waals surface area contributed by atoms with E-state index in [0.717, 1.165) is 22.7 Å². The van der Waals surface area contributed by atoms with Crippen LogP contribution in [0, 0.1) is 11.6 Å². The molecule has 34 heavy (non-hydrogen) atoms. The van der Waals surface area contributed by atoms with Crippen LogP contribution in [0.4, 0.5) is 17.6 Å². The summed E-state index contributed by atoms with van der Waals surface area (Å²) in [6, 6.07) is 10.8. The highest BCUT2D eigenvalue weighted by atomic mass is 79.9. The number of halogens is 6. The van der Waals surface area contributed by atoms with E-state index in [1.54, 1.807) is 0 Å². The standard InChI is InChI=1S/C20H10Br2F4N2O3PS2/c21-15-13(9-1-5-11(23)6-2-9)27-19(33-15)17(25)30-32(29)31-18(26)20-28-14(16(22)34-20)10-3-7-12(24)8-4-10/h1-8,17-18H/q+1. The van der Waals surface area contributed by atoms with Crippen molar-refractivity contribution in [2.24, 2.45) is 0 Å². The Labute approximate surface area is 216 Å². The van der Waals surface area contributed by atoms with E-state index < -0.39 is 32.6 Å². The number of hydrogen-bond acceptors (Lipinski definition) is 7. The van der Waals surface area contributed by atoms with Gasteiger partial charge in [0, 0.05) is 15.7 Å². The van der Waals surface area contributed by atoms with Crippen molar-refractivity contribution in [1.29, 1.82) is 0 Å². The fourth-order valence-corrected chi connectivity index (χ4v) is 6.43. The molecule has 5 nitrogen and oxygen atoms in total. The average molecular weight is 657 g/mol. The maximum atomic E-state index is 14.5. The molecule has 0 radical (unpaired) electrons. The van der Waals surface area contributed by atoms with Gasteiger partial charge in [-0.25, -0.2) is 27.5 Å². The number of hydrogen-bond donors (Lipinski definition) is 0. The Hall–Kier alpha value is -1.60. The van der Waals surface area contributed by atoms with Crippen molar-refractivity contribution in [2.45, 2.75) is 12.7 Å². The van der Waals surface area contributed by atoms with Crippen LogP contribution in [0.15, 0.2) is 56.1 Å². The van der Waals surface area contributed by atoms with Crippen LogP contribution in [0.5, 0.6) is 0 Å². The predicted octanol–water partition coefficient (Wildman–Crippen LogP) is 9.06. The number of thiazole rings is 2. The molecule has 0 saturated heterocycles. The number of aromatic nitrogens is 2. The minimum Gasteiger partial charge on any atom is -0.234 e. The molecular formula is C20H10Br2F4N2O3PS2+. The minimum absolute atomic E-state index is 0.191. The van der Waals surface area contributed by atoms with Gasteiger partial charge in [-0.1, -0.05) is 9.05 Å². The molecule has 2 heterocycles. The topological polar surface area (TPSA) is 61.3 Å². The molecule has 2 unspecified atom stereocenters. The van der Waals surface area contributed by atoms with Crippen LogP contribution in [0.25, 0.3) is 22.5 Å². The monoisotopic (exact) mass is 655 g/mol. The van der Waals surface area contributed by atoms with Crippen molar-refractivity contribution >= 4 is 62.8 Å². The molecule has 0 N–H and O–H groups in total. The van der Waals surface area contributed by atoms with E-state index in [-0.39, 0.29) is 10.0 Å². The summed E-state index contributed by atoms with van der Waals surface area (Å²) in [5.41, 5.74) is 1.73. The number of benzene rings is 2. The maximum Gasteiger partial charge on any atom is 0.704 e. The highest BCUT2D eigenvalue weighted by Crippen LogP contribution is 2.44. The zero-order valence-corrected chi connectivity index (χ0v) is 22.1. The minimum atomic E-state index is -3.22. The molecule has 0 aliphatic heterocycles. The molecule has 0 fully saturated rings. The quantitative estimate of drug-likeness (QED) is 0.140. The molecule has 14 heteroatoms. The van der Waals surface area contributed by atoms with E-state index >= 15 is 0 Å². The highest BCUT2D eigenvalue weighted by molar-refractivity contribution is 9.11. The van der Waals surface area contributed by atoms with Crippen LogP contribution in [0.3, 0.4) is 0 Å². The third kappa shape index (κ3) is 5.96. The van der Waals surface area contributed by atoms with Crippen molar-refractivity contribution in [1.82, 2.24) is 9.97 Å². The summed E-state index contributed by atoms with van der Waals surface area (Å²) >= 11 is 8.25. The predicted molar refractivity (Wildman–Crippen MR) is 128 cm³/mol. The van der Waals surface area contributed by atoms with Crippen molar-refractivity contribution in [3.63, 3.8) is 0 Å². The summed E-state index contributed by atoms with van der Waals surface area (Å²) in [5, 5.41) is -0.381. The van der Waals surface area contributed by atoms with E-state index in [9.17, 15) is 22.1 Å². The average Bonchev–Trinajstić information content (AvgIpc) is 3.38. The van der Waals surface area contributed by atoms with Crippen molar-refractivity contribution in [2.75, 3.05) is 0 Å². The van der Waals surface area contributed by atoms with Gasteiger partial charge in [0.2, 0.25) is 0 Å². The van der Waals surface area contributed by atoms with Crippen molar-refractivity contribution in [3.8, 4) is 22.5 Å². The van der Waals surface area contributed by atoms with E-state index in [1.807, 2.05) is 0 Å². The maximum absolute atomic E-state index is 14.5. The highest BCUT2D eigenvalue weighted by Gasteiger charge is 2.37. The van der Waals surface area contributed by atoms with Crippen LogP contribution in [-0.2, 0) is 13.6 Å². The van der Waals surface area contributed by atoms with Crippen LogP contribution >= 0.6 is 62.8 Å². The smallest absolute Gasteiger partial charge is 0.234 e. The molecule has 0 amide bonds. The molecule has 4 aromatic rings. The molecule has 2 atom stereocenters. The van der Waals surface area contributed by atoms with Crippen LogP contribution in [0.1, 0.15) is 22.7 Å². The van der Waals surface area contributed by atoms with Gasteiger partial charge in [0.05, 0.1) is 19.0 Å². The lowest BCUT2D eigenvalue weighted by molar-refractivity contribution is 0.0126. The Bertz CT molecular complexity index is 1220. The first-order valence-corrected chi connectivity index (χ1v) is 13.5. The SMILES string of the molecule is O=[P+](OC(F)c1nc(-c2ccc(F)cc2)c(Br)s1)OC(F)c1nc(-c2ccc(F)cc2)c(Br)s1. The Morgan fingerprint density at radius 2 is 1.09 bits per heavy atom. The Kier molecular flexibility index (Phi) is 8.24. The number of nitrogens with zero attached hydrogens (tertiary/aromatic N) is 2. The third-order valence-corrected chi connectivity index (χ3v) is 8.34. The first-order chi connectivity index (χ1) is 16.2. The van der Waals surface area contributed by atoms with Gasteiger partial charge in [0.15, 0.2) is 10.0 Å². The summed E-state index contributed by atoms with van der Waals surface area (Å²) < 4.78 is 77.6. The van der Waals surface area contributed by atoms with Gasteiger partial charge in [-0.3, -0.25) is 0 Å². The number of alkyl halides is 2. The second kappa shape index (κ2) is 11.0. The molecular weight excluding hydrogens is 647 g/mol. The fraction of sp³-hybridized carbons (Fsp3) is 0.100. The molecule has 4 rings (SSSR count). The van der Waals surface area contributed by atoms with E-state index in [2.05, 4.69) is 50.9 Å².